The summed E-state index contributed by atoms with van der Waals surface area (Å²) in [5, 5.41) is 9.38. The van der Waals surface area contributed by atoms with Crippen molar-refractivity contribution in [3.63, 3.8) is 0 Å². The maximum absolute atomic E-state index is 11.4. The van der Waals surface area contributed by atoms with E-state index in [1.54, 1.807) is 6.20 Å². The van der Waals surface area contributed by atoms with Gasteiger partial charge in [-0.2, -0.15) is 0 Å². The van der Waals surface area contributed by atoms with Gasteiger partial charge in [-0.15, -0.1) is 0 Å². The fourth-order valence-corrected chi connectivity index (χ4v) is 2.75. The van der Waals surface area contributed by atoms with Gasteiger partial charge in [0.25, 0.3) is 0 Å². The standard InChI is InChI=1S/C15H23N3O2/c1-4-5-11-6-7-18(9-11)12-8-16-14(10(2)3)17-13(12)15(19)20/h8,10-11H,4-7,9H2,1-3H3,(H,19,20). The Morgan fingerprint density at radius 2 is 2.30 bits per heavy atom. The molecule has 0 amide bonds. The molecule has 1 saturated heterocycles. The van der Waals surface area contributed by atoms with Gasteiger partial charge in [0, 0.05) is 19.0 Å². The minimum absolute atomic E-state index is 0.133. The summed E-state index contributed by atoms with van der Waals surface area (Å²) in [4.78, 5) is 22.1. The topological polar surface area (TPSA) is 66.3 Å². The van der Waals surface area contributed by atoms with E-state index in [0.717, 1.165) is 19.5 Å². The van der Waals surface area contributed by atoms with Crippen LogP contribution < -0.4 is 4.90 Å². The SMILES string of the molecule is CCCC1CCN(c2cnc(C(C)C)nc2C(=O)O)C1. The number of nitrogens with zero attached hydrogens (tertiary/aromatic N) is 3. The molecule has 1 aromatic rings. The summed E-state index contributed by atoms with van der Waals surface area (Å²) < 4.78 is 0. The fourth-order valence-electron chi connectivity index (χ4n) is 2.75. The van der Waals surface area contributed by atoms with Crippen molar-refractivity contribution in [2.75, 3.05) is 18.0 Å². The monoisotopic (exact) mass is 277 g/mol. The normalized spacial score (nSPS) is 18.8. The van der Waals surface area contributed by atoms with Gasteiger partial charge in [-0.3, -0.25) is 0 Å². The highest BCUT2D eigenvalue weighted by atomic mass is 16.4. The van der Waals surface area contributed by atoms with E-state index >= 15 is 0 Å². The highest BCUT2D eigenvalue weighted by molar-refractivity contribution is 5.92. The number of carboxylic acids is 1. The van der Waals surface area contributed by atoms with Crippen molar-refractivity contribution in [3.05, 3.63) is 17.7 Å². The molecule has 2 heterocycles. The molecule has 1 unspecified atom stereocenters. The van der Waals surface area contributed by atoms with Crippen molar-refractivity contribution in [1.82, 2.24) is 9.97 Å². The van der Waals surface area contributed by atoms with Gasteiger partial charge in [0.1, 0.15) is 5.82 Å². The van der Waals surface area contributed by atoms with Crippen LogP contribution in [0.2, 0.25) is 0 Å². The highest BCUT2D eigenvalue weighted by Gasteiger charge is 2.26. The third-order valence-corrected chi connectivity index (χ3v) is 3.83. The number of carboxylic acid groups (broad SMARTS) is 1. The number of aromatic carboxylic acids is 1. The fraction of sp³-hybridized carbons (Fsp3) is 0.667. The molecule has 5 nitrogen and oxygen atoms in total. The molecule has 1 aromatic heterocycles. The molecule has 1 fully saturated rings. The van der Waals surface area contributed by atoms with E-state index in [4.69, 9.17) is 0 Å². The second-order valence-electron chi connectivity index (χ2n) is 5.81. The lowest BCUT2D eigenvalue weighted by molar-refractivity contribution is 0.0690. The smallest absolute Gasteiger partial charge is 0.356 e. The number of rotatable bonds is 5. The molecule has 0 radical (unpaired) electrons. The lowest BCUT2D eigenvalue weighted by Gasteiger charge is -2.20. The van der Waals surface area contributed by atoms with Gasteiger partial charge in [-0.05, 0) is 18.8 Å². The molecule has 2 rings (SSSR count). The first-order valence-corrected chi connectivity index (χ1v) is 7.38. The van der Waals surface area contributed by atoms with Crippen LogP contribution in [-0.2, 0) is 0 Å². The van der Waals surface area contributed by atoms with Crippen molar-refractivity contribution in [2.45, 2.75) is 46.0 Å². The highest BCUT2D eigenvalue weighted by Crippen LogP contribution is 2.28. The van der Waals surface area contributed by atoms with Crippen LogP contribution in [0.25, 0.3) is 0 Å². The second-order valence-corrected chi connectivity index (χ2v) is 5.81. The lowest BCUT2D eigenvalue weighted by atomic mass is 10.0. The number of anilines is 1. The van der Waals surface area contributed by atoms with Crippen LogP contribution in [0.1, 0.15) is 62.3 Å². The van der Waals surface area contributed by atoms with Crippen molar-refractivity contribution in [2.24, 2.45) is 5.92 Å². The molecule has 110 valence electrons. The average molecular weight is 277 g/mol. The van der Waals surface area contributed by atoms with Gasteiger partial charge in [-0.1, -0.05) is 27.2 Å². The number of aromatic nitrogens is 2. The molecule has 0 saturated carbocycles. The van der Waals surface area contributed by atoms with Crippen LogP contribution >= 0.6 is 0 Å². The van der Waals surface area contributed by atoms with E-state index in [2.05, 4.69) is 21.8 Å². The average Bonchev–Trinajstić information content (AvgIpc) is 2.86. The number of hydrogen-bond donors (Lipinski definition) is 1. The molecule has 20 heavy (non-hydrogen) atoms. The maximum atomic E-state index is 11.4. The molecule has 0 spiro atoms. The first-order valence-electron chi connectivity index (χ1n) is 7.38. The van der Waals surface area contributed by atoms with E-state index in [9.17, 15) is 9.90 Å². The van der Waals surface area contributed by atoms with E-state index in [1.807, 2.05) is 13.8 Å². The predicted molar refractivity (Wildman–Crippen MR) is 78.3 cm³/mol. The van der Waals surface area contributed by atoms with Crippen LogP contribution in [-0.4, -0.2) is 34.1 Å². The summed E-state index contributed by atoms with van der Waals surface area (Å²) in [5.41, 5.74) is 0.807. The first-order chi connectivity index (χ1) is 9.52. The zero-order chi connectivity index (χ0) is 14.7. The molecule has 0 aliphatic carbocycles. The minimum Gasteiger partial charge on any atom is -0.476 e. The van der Waals surface area contributed by atoms with E-state index in [-0.39, 0.29) is 11.6 Å². The number of carbonyl (C=O) groups is 1. The molecule has 5 heteroatoms. The summed E-state index contributed by atoms with van der Waals surface area (Å²) in [7, 11) is 0. The Balaban J connectivity index is 2.25. The Morgan fingerprint density at radius 1 is 1.55 bits per heavy atom. The molecule has 0 aromatic carbocycles. The van der Waals surface area contributed by atoms with Gasteiger partial charge in [0.2, 0.25) is 0 Å². The number of hydrogen-bond acceptors (Lipinski definition) is 4. The van der Waals surface area contributed by atoms with E-state index in [1.165, 1.54) is 12.8 Å². The van der Waals surface area contributed by atoms with Crippen molar-refractivity contribution >= 4 is 11.7 Å². The van der Waals surface area contributed by atoms with Crippen molar-refractivity contribution in [1.29, 1.82) is 0 Å². The van der Waals surface area contributed by atoms with Crippen LogP contribution in [0.4, 0.5) is 5.69 Å². The summed E-state index contributed by atoms with van der Waals surface area (Å²) in [6.45, 7) is 7.93. The largest absolute Gasteiger partial charge is 0.476 e. The summed E-state index contributed by atoms with van der Waals surface area (Å²) >= 11 is 0. The lowest BCUT2D eigenvalue weighted by Crippen LogP contribution is -2.24. The Hall–Kier alpha value is -1.65. The molecule has 1 atom stereocenters. The molecule has 1 aliphatic rings. The first kappa shape index (κ1) is 14.8. The van der Waals surface area contributed by atoms with Crippen LogP contribution in [0.15, 0.2) is 6.20 Å². The molecular formula is C15H23N3O2. The summed E-state index contributed by atoms with van der Waals surface area (Å²) in [6.07, 6.45) is 5.18. The predicted octanol–water partition coefficient (Wildman–Crippen LogP) is 2.92. The van der Waals surface area contributed by atoms with Crippen molar-refractivity contribution < 1.29 is 9.90 Å². The van der Waals surface area contributed by atoms with Crippen LogP contribution in [0, 0.1) is 5.92 Å². The maximum Gasteiger partial charge on any atom is 0.356 e. The van der Waals surface area contributed by atoms with E-state index < -0.39 is 5.97 Å². The quantitative estimate of drug-likeness (QED) is 0.896. The summed E-state index contributed by atoms with van der Waals surface area (Å²) in [5.74, 6) is 0.415. The summed E-state index contributed by atoms with van der Waals surface area (Å²) in [6, 6.07) is 0. The Morgan fingerprint density at radius 3 is 2.90 bits per heavy atom. The zero-order valence-corrected chi connectivity index (χ0v) is 12.5. The Kier molecular flexibility index (Phi) is 4.57. The third kappa shape index (κ3) is 3.08. The van der Waals surface area contributed by atoms with Gasteiger partial charge >= 0.3 is 5.97 Å². The third-order valence-electron chi connectivity index (χ3n) is 3.83. The zero-order valence-electron chi connectivity index (χ0n) is 12.5. The van der Waals surface area contributed by atoms with E-state index in [0.29, 0.717) is 17.4 Å². The Labute approximate surface area is 120 Å². The molecule has 1 aliphatic heterocycles. The van der Waals surface area contributed by atoms with Gasteiger partial charge in [0.15, 0.2) is 5.69 Å². The van der Waals surface area contributed by atoms with Gasteiger partial charge in [-0.25, -0.2) is 14.8 Å². The van der Waals surface area contributed by atoms with Crippen LogP contribution in [0.3, 0.4) is 0 Å². The molecular weight excluding hydrogens is 254 g/mol. The van der Waals surface area contributed by atoms with Gasteiger partial charge in [0.05, 0.1) is 11.9 Å². The van der Waals surface area contributed by atoms with Crippen LogP contribution in [0.5, 0.6) is 0 Å². The van der Waals surface area contributed by atoms with Crippen molar-refractivity contribution in [3.8, 4) is 0 Å². The Bertz CT molecular complexity index is 488. The second kappa shape index (κ2) is 6.20. The minimum atomic E-state index is -0.969. The molecule has 1 N–H and O–H groups in total. The van der Waals surface area contributed by atoms with Gasteiger partial charge < -0.3 is 10.0 Å². The molecule has 0 bridgehead atoms.